The van der Waals surface area contributed by atoms with Gasteiger partial charge in [-0.15, -0.1) is 0 Å². The van der Waals surface area contributed by atoms with Gasteiger partial charge in [-0.1, -0.05) is 11.6 Å². The molecule has 3 aromatic rings. The largest absolute Gasteiger partial charge is 0.471 e. The van der Waals surface area contributed by atoms with Gasteiger partial charge >= 0.3 is 12.1 Å². The van der Waals surface area contributed by atoms with Crippen LogP contribution in [0.2, 0.25) is 5.02 Å². The van der Waals surface area contributed by atoms with E-state index in [-0.39, 0.29) is 24.0 Å². The van der Waals surface area contributed by atoms with Crippen LogP contribution >= 0.6 is 11.6 Å². The minimum atomic E-state index is -5.16. The topological polar surface area (TPSA) is 95.8 Å². The lowest BCUT2D eigenvalue weighted by molar-refractivity contribution is -0.174. The molecule has 38 heavy (non-hydrogen) atoms. The van der Waals surface area contributed by atoms with E-state index < -0.39 is 41.8 Å². The summed E-state index contributed by atoms with van der Waals surface area (Å²) in [5.74, 6) is -4.56. The van der Waals surface area contributed by atoms with Gasteiger partial charge in [0.05, 0.1) is 29.6 Å². The molecule has 3 atom stereocenters. The summed E-state index contributed by atoms with van der Waals surface area (Å²) in [4.78, 5) is 43.3. The molecule has 0 radical (unpaired) electrons. The van der Waals surface area contributed by atoms with Crippen LogP contribution in [0.15, 0.2) is 43.0 Å². The van der Waals surface area contributed by atoms with Crippen molar-refractivity contribution in [2.45, 2.75) is 44.4 Å². The first-order valence-corrected chi connectivity index (χ1v) is 12.1. The number of rotatable bonds is 5. The first-order chi connectivity index (χ1) is 17.8. The van der Waals surface area contributed by atoms with Crippen molar-refractivity contribution in [3.63, 3.8) is 0 Å². The Morgan fingerprint density at radius 2 is 1.92 bits per heavy atom. The molecule has 13 heteroatoms. The Balaban J connectivity index is 1.60. The summed E-state index contributed by atoms with van der Waals surface area (Å²) in [6.07, 6.45) is 0.0905. The SMILES string of the molecule is Cc1cc(C(=O)N2CC[C@@H](c3cc(F)cc(Cl)c3)[C@H](NC(=O)[C@@H](C)NC(=O)C(F)(F)F)C2)c2cncn2c1. The molecule has 8 nitrogen and oxygen atoms in total. The molecule has 1 saturated heterocycles. The van der Waals surface area contributed by atoms with Crippen LogP contribution in [0.25, 0.3) is 5.52 Å². The van der Waals surface area contributed by atoms with E-state index in [2.05, 4.69) is 10.3 Å². The van der Waals surface area contributed by atoms with Gasteiger partial charge in [-0.05, 0) is 55.7 Å². The summed E-state index contributed by atoms with van der Waals surface area (Å²) in [5, 5.41) is 4.40. The van der Waals surface area contributed by atoms with E-state index >= 15 is 0 Å². The molecule has 202 valence electrons. The number of nitrogens with zero attached hydrogens (tertiary/aromatic N) is 3. The van der Waals surface area contributed by atoms with Crippen molar-refractivity contribution in [1.29, 1.82) is 0 Å². The molecule has 0 aliphatic carbocycles. The monoisotopic (exact) mass is 553 g/mol. The molecular weight excluding hydrogens is 530 g/mol. The van der Waals surface area contributed by atoms with E-state index in [0.717, 1.165) is 18.6 Å². The Labute approximate surface area is 220 Å². The van der Waals surface area contributed by atoms with E-state index in [1.807, 2.05) is 13.1 Å². The second-order valence-electron chi connectivity index (χ2n) is 9.27. The van der Waals surface area contributed by atoms with E-state index in [1.165, 1.54) is 17.0 Å². The molecule has 0 spiro atoms. The van der Waals surface area contributed by atoms with Gasteiger partial charge in [0.1, 0.15) is 11.9 Å². The number of carbonyl (C=O) groups is 3. The highest BCUT2D eigenvalue weighted by molar-refractivity contribution is 6.30. The molecule has 1 aliphatic rings. The minimum Gasteiger partial charge on any atom is -0.349 e. The molecule has 1 fully saturated rings. The lowest BCUT2D eigenvalue weighted by atomic mass is 9.84. The van der Waals surface area contributed by atoms with Crippen molar-refractivity contribution >= 4 is 34.8 Å². The zero-order valence-corrected chi connectivity index (χ0v) is 21.1. The molecule has 4 rings (SSSR count). The Bertz CT molecular complexity index is 1370. The maximum absolute atomic E-state index is 14.1. The predicted molar refractivity (Wildman–Crippen MR) is 130 cm³/mol. The fraction of sp³-hybridized carbons (Fsp3) is 0.360. The van der Waals surface area contributed by atoms with Gasteiger partial charge in [-0.3, -0.25) is 14.4 Å². The fourth-order valence-electron chi connectivity index (χ4n) is 4.64. The summed E-state index contributed by atoms with van der Waals surface area (Å²) in [6.45, 7) is 3.19. The molecule has 3 amide bonds. The Kier molecular flexibility index (Phi) is 7.63. The number of halogens is 5. The Hall–Kier alpha value is -3.67. The number of pyridine rings is 1. The number of aromatic nitrogens is 2. The number of hydrogen-bond acceptors (Lipinski definition) is 4. The number of nitrogens with one attached hydrogen (secondary N) is 2. The summed E-state index contributed by atoms with van der Waals surface area (Å²) >= 11 is 6.04. The van der Waals surface area contributed by atoms with Crippen LogP contribution in [0.3, 0.4) is 0 Å². The lowest BCUT2D eigenvalue weighted by Crippen LogP contribution is -2.57. The summed E-state index contributed by atoms with van der Waals surface area (Å²) in [6, 6.07) is 3.32. The number of fused-ring (bicyclic) bond motifs is 1. The second-order valence-corrected chi connectivity index (χ2v) is 9.71. The van der Waals surface area contributed by atoms with Crippen molar-refractivity contribution in [3.05, 3.63) is 70.5 Å². The van der Waals surface area contributed by atoms with Crippen LogP contribution in [0.1, 0.15) is 40.7 Å². The zero-order chi connectivity index (χ0) is 27.8. The summed E-state index contributed by atoms with van der Waals surface area (Å²) in [7, 11) is 0. The number of benzene rings is 1. The van der Waals surface area contributed by atoms with Gasteiger partial charge in [0, 0.05) is 30.2 Å². The fourth-order valence-corrected chi connectivity index (χ4v) is 4.87. The van der Waals surface area contributed by atoms with E-state index in [9.17, 15) is 31.9 Å². The number of piperidine rings is 1. The minimum absolute atomic E-state index is 0.0163. The highest BCUT2D eigenvalue weighted by Gasteiger charge is 2.41. The Morgan fingerprint density at radius 3 is 2.61 bits per heavy atom. The van der Waals surface area contributed by atoms with Crippen LogP contribution in [0, 0.1) is 12.7 Å². The summed E-state index contributed by atoms with van der Waals surface area (Å²) < 4.78 is 53.9. The number of aryl methyl sites for hydroxylation is 1. The molecule has 1 aliphatic heterocycles. The van der Waals surface area contributed by atoms with Crippen LogP contribution < -0.4 is 10.6 Å². The molecule has 1 aromatic carbocycles. The average Bonchev–Trinajstić information content (AvgIpc) is 3.30. The van der Waals surface area contributed by atoms with Gasteiger partial charge in [0.25, 0.3) is 5.91 Å². The standard InChI is InChI=1S/C25H24ClF4N5O3/c1-13-5-19(21-9-31-12-35(21)10-13)23(37)34-4-3-18(15-6-16(26)8-17(27)7-15)20(11-34)33-22(36)14(2)32-24(38)25(28,29)30/h5-10,12,14,18,20H,3-4,11H2,1-2H3,(H,32,38)(H,33,36)/t14-,18+,20-/m1/s1. The maximum Gasteiger partial charge on any atom is 0.471 e. The first kappa shape index (κ1) is 27.4. The summed E-state index contributed by atoms with van der Waals surface area (Å²) in [5.41, 5.74) is 2.27. The quantitative estimate of drug-likeness (QED) is 0.472. The number of imidazole rings is 1. The van der Waals surface area contributed by atoms with Crippen LogP contribution in [0.4, 0.5) is 17.6 Å². The number of carbonyl (C=O) groups excluding carboxylic acids is 3. The molecule has 2 N–H and O–H groups in total. The third-order valence-electron chi connectivity index (χ3n) is 6.43. The highest BCUT2D eigenvalue weighted by Crippen LogP contribution is 2.32. The van der Waals surface area contributed by atoms with Crippen molar-refractivity contribution in [2.24, 2.45) is 0 Å². The first-order valence-electron chi connectivity index (χ1n) is 11.7. The molecular formula is C25H24ClF4N5O3. The van der Waals surface area contributed by atoms with Crippen molar-refractivity contribution in [3.8, 4) is 0 Å². The highest BCUT2D eigenvalue weighted by atomic mass is 35.5. The lowest BCUT2D eigenvalue weighted by Gasteiger charge is -2.40. The van der Waals surface area contributed by atoms with Gasteiger partial charge < -0.3 is 19.9 Å². The van der Waals surface area contributed by atoms with Crippen molar-refractivity contribution < 1.29 is 31.9 Å². The number of hydrogen-bond donors (Lipinski definition) is 2. The average molecular weight is 554 g/mol. The van der Waals surface area contributed by atoms with Crippen molar-refractivity contribution in [1.82, 2.24) is 24.9 Å². The molecule has 2 aromatic heterocycles. The smallest absolute Gasteiger partial charge is 0.349 e. The van der Waals surface area contributed by atoms with Gasteiger partial charge in [-0.25, -0.2) is 9.37 Å². The van der Waals surface area contributed by atoms with E-state index in [0.29, 0.717) is 23.1 Å². The molecule has 0 bridgehead atoms. The molecule has 0 saturated carbocycles. The van der Waals surface area contributed by atoms with Crippen LogP contribution in [-0.4, -0.2) is 63.4 Å². The van der Waals surface area contributed by atoms with Gasteiger partial charge in [0.15, 0.2) is 0 Å². The number of alkyl halides is 3. The predicted octanol–water partition coefficient (Wildman–Crippen LogP) is 3.62. The van der Waals surface area contributed by atoms with Gasteiger partial charge in [0.2, 0.25) is 5.91 Å². The van der Waals surface area contributed by atoms with Crippen LogP contribution in [0.5, 0.6) is 0 Å². The molecule has 0 unspecified atom stereocenters. The number of amides is 3. The second kappa shape index (κ2) is 10.6. The van der Waals surface area contributed by atoms with Crippen LogP contribution in [-0.2, 0) is 9.59 Å². The molecule has 3 heterocycles. The number of likely N-dealkylation sites (tertiary alicyclic amines) is 1. The van der Waals surface area contributed by atoms with Gasteiger partial charge in [-0.2, -0.15) is 13.2 Å². The third-order valence-corrected chi connectivity index (χ3v) is 6.64. The zero-order valence-electron chi connectivity index (χ0n) is 20.4. The third kappa shape index (κ3) is 5.90. The van der Waals surface area contributed by atoms with Crippen molar-refractivity contribution in [2.75, 3.05) is 13.1 Å². The maximum atomic E-state index is 14.1. The Morgan fingerprint density at radius 1 is 1.18 bits per heavy atom. The van der Waals surface area contributed by atoms with E-state index in [4.69, 9.17) is 11.6 Å². The van der Waals surface area contributed by atoms with E-state index in [1.54, 1.807) is 28.3 Å². The normalized spacial score (nSPS) is 18.8.